The molecule has 0 aromatic heterocycles. The summed E-state index contributed by atoms with van der Waals surface area (Å²) in [6.07, 6.45) is 3.57. The third-order valence-corrected chi connectivity index (χ3v) is 2.60. The van der Waals surface area contributed by atoms with Crippen LogP contribution in [0, 0.1) is 6.92 Å². The molecule has 0 aliphatic carbocycles. The van der Waals surface area contributed by atoms with E-state index in [1.165, 1.54) is 0 Å². The van der Waals surface area contributed by atoms with E-state index < -0.39 is 0 Å². The number of halogens is 1. The molecule has 0 bridgehead atoms. The second kappa shape index (κ2) is 5.17. The Kier molecular flexibility index (Phi) is 4.17. The molecule has 0 atom stereocenters. The van der Waals surface area contributed by atoms with Crippen LogP contribution in [0.4, 0.5) is 0 Å². The number of rotatable bonds is 3. The fourth-order valence-electron chi connectivity index (χ4n) is 1.21. The van der Waals surface area contributed by atoms with Crippen LogP contribution in [0.1, 0.15) is 11.1 Å². The smallest absolute Gasteiger partial charge is 0.122 e. The molecule has 3 heteroatoms. The number of aliphatic hydroxyl groups excluding tert-OH is 1. The lowest BCUT2D eigenvalue weighted by Crippen LogP contribution is -1.89. The van der Waals surface area contributed by atoms with Crippen LogP contribution < -0.4 is 4.74 Å². The van der Waals surface area contributed by atoms with Crippen molar-refractivity contribution in [2.45, 2.75) is 6.92 Å². The fraction of sp³-hybridized carbons (Fsp3) is 0.273. The maximum atomic E-state index is 8.66. The third kappa shape index (κ3) is 2.59. The van der Waals surface area contributed by atoms with Gasteiger partial charge in [-0.15, -0.1) is 0 Å². The molecule has 1 rings (SSSR count). The van der Waals surface area contributed by atoms with Gasteiger partial charge >= 0.3 is 0 Å². The lowest BCUT2D eigenvalue weighted by atomic mass is 10.1. The average molecular weight is 257 g/mol. The summed E-state index contributed by atoms with van der Waals surface area (Å²) in [4.78, 5) is 0. The quantitative estimate of drug-likeness (QED) is 0.902. The highest BCUT2D eigenvalue weighted by Gasteiger charge is 2.02. The van der Waals surface area contributed by atoms with Crippen molar-refractivity contribution >= 4 is 22.0 Å². The van der Waals surface area contributed by atoms with E-state index in [9.17, 15) is 0 Å². The van der Waals surface area contributed by atoms with E-state index in [1.54, 1.807) is 13.2 Å². The lowest BCUT2D eigenvalue weighted by molar-refractivity contribution is 0.343. The zero-order chi connectivity index (χ0) is 10.6. The van der Waals surface area contributed by atoms with Gasteiger partial charge in [0.25, 0.3) is 0 Å². The van der Waals surface area contributed by atoms with Crippen molar-refractivity contribution in [1.82, 2.24) is 0 Å². The maximum absolute atomic E-state index is 8.66. The summed E-state index contributed by atoms with van der Waals surface area (Å²) in [6, 6.07) is 3.93. The van der Waals surface area contributed by atoms with Crippen molar-refractivity contribution in [3.05, 3.63) is 33.8 Å². The molecule has 0 heterocycles. The van der Waals surface area contributed by atoms with Gasteiger partial charge in [-0.2, -0.15) is 0 Å². The monoisotopic (exact) mass is 256 g/mol. The molecule has 0 unspecified atom stereocenters. The van der Waals surface area contributed by atoms with Crippen LogP contribution in [0.3, 0.4) is 0 Å². The van der Waals surface area contributed by atoms with Crippen molar-refractivity contribution in [3.63, 3.8) is 0 Å². The van der Waals surface area contributed by atoms with E-state index in [1.807, 2.05) is 25.1 Å². The van der Waals surface area contributed by atoms with Crippen LogP contribution in [-0.2, 0) is 0 Å². The molecular formula is C11H13BrO2. The summed E-state index contributed by atoms with van der Waals surface area (Å²) in [6.45, 7) is 2.04. The first-order valence-electron chi connectivity index (χ1n) is 4.30. The molecule has 1 N–H and O–H groups in total. The van der Waals surface area contributed by atoms with Gasteiger partial charge in [-0.05, 0) is 30.2 Å². The third-order valence-electron chi connectivity index (χ3n) is 1.92. The van der Waals surface area contributed by atoms with Crippen molar-refractivity contribution in [1.29, 1.82) is 0 Å². The normalized spacial score (nSPS) is 10.9. The van der Waals surface area contributed by atoms with E-state index >= 15 is 0 Å². The van der Waals surface area contributed by atoms with Gasteiger partial charge in [0.15, 0.2) is 0 Å². The Hall–Kier alpha value is -0.800. The molecule has 0 amide bonds. The topological polar surface area (TPSA) is 29.5 Å². The molecule has 0 radical (unpaired) electrons. The zero-order valence-electron chi connectivity index (χ0n) is 8.25. The number of methoxy groups -OCH3 is 1. The van der Waals surface area contributed by atoms with Crippen LogP contribution in [0.5, 0.6) is 5.75 Å². The molecular weight excluding hydrogens is 244 g/mol. The average Bonchev–Trinajstić information content (AvgIpc) is 2.18. The van der Waals surface area contributed by atoms with Gasteiger partial charge < -0.3 is 9.84 Å². The predicted molar refractivity (Wildman–Crippen MR) is 61.6 cm³/mol. The lowest BCUT2D eigenvalue weighted by Gasteiger charge is -2.07. The first-order valence-corrected chi connectivity index (χ1v) is 5.10. The molecule has 0 aliphatic rings. The second-order valence-electron chi connectivity index (χ2n) is 2.93. The van der Waals surface area contributed by atoms with Crippen LogP contribution in [0.25, 0.3) is 6.08 Å². The van der Waals surface area contributed by atoms with Crippen LogP contribution >= 0.6 is 15.9 Å². The van der Waals surface area contributed by atoms with Gasteiger partial charge in [-0.3, -0.25) is 0 Å². The molecule has 1 aromatic carbocycles. The van der Waals surface area contributed by atoms with Crippen molar-refractivity contribution in [2.75, 3.05) is 13.7 Å². The van der Waals surface area contributed by atoms with E-state index in [0.29, 0.717) is 0 Å². The van der Waals surface area contributed by atoms with Gasteiger partial charge in [-0.1, -0.05) is 28.1 Å². The number of benzene rings is 1. The molecule has 1 aromatic rings. The Balaban J connectivity index is 3.08. The van der Waals surface area contributed by atoms with Gasteiger partial charge in [0.2, 0.25) is 0 Å². The minimum absolute atomic E-state index is 0.0531. The first kappa shape index (κ1) is 11.3. The number of aliphatic hydroxyl groups is 1. The maximum Gasteiger partial charge on any atom is 0.122 e. The van der Waals surface area contributed by atoms with Gasteiger partial charge in [0.1, 0.15) is 5.75 Å². The molecule has 0 fully saturated rings. The van der Waals surface area contributed by atoms with Gasteiger partial charge in [0, 0.05) is 4.47 Å². The number of aryl methyl sites for hydroxylation is 1. The summed E-state index contributed by atoms with van der Waals surface area (Å²) in [5.41, 5.74) is 2.12. The van der Waals surface area contributed by atoms with Crippen molar-refractivity contribution in [2.24, 2.45) is 0 Å². The molecule has 0 aliphatic heterocycles. The molecule has 2 nitrogen and oxygen atoms in total. The van der Waals surface area contributed by atoms with Crippen molar-refractivity contribution < 1.29 is 9.84 Å². The number of ether oxygens (including phenoxy) is 1. The van der Waals surface area contributed by atoms with Crippen LogP contribution in [0.15, 0.2) is 22.7 Å². The number of hydrogen-bond acceptors (Lipinski definition) is 2. The van der Waals surface area contributed by atoms with E-state index in [4.69, 9.17) is 9.84 Å². The Morgan fingerprint density at radius 3 is 2.79 bits per heavy atom. The summed E-state index contributed by atoms with van der Waals surface area (Å²) < 4.78 is 6.14. The largest absolute Gasteiger partial charge is 0.496 e. The fourth-order valence-corrected chi connectivity index (χ4v) is 1.67. The molecule has 0 saturated heterocycles. The Bertz CT molecular complexity index is 345. The molecule has 76 valence electrons. The highest BCUT2D eigenvalue weighted by molar-refractivity contribution is 9.10. The summed E-state index contributed by atoms with van der Waals surface area (Å²) >= 11 is 3.44. The predicted octanol–water partition coefficient (Wildman–Crippen LogP) is 2.77. The van der Waals surface area contributed by atoms with Gasteiger partial charge in [-0.25, -0.2) is 0 Å². The minimum atomic E-state index is 0.0531. The second-order valence-corrected chi connectivity index (χ2v) is 3.78. The Morgan fingerprint density at radius 1 is 1.50 bits per heavy atom. The summed E-state index contributed by atoms with van der Waals surface area (Å²) in [7, 11) is 1.65. The summed E-state index contributed by atoms with van der Waals surface area (Å²) in [5.74, 6) is 0.859. The van der Waals surface area contributed by atoms with Gasteiger partial charge in [0.05, 0.1) is 13.7 Å². The van der Waals surface area contributed by atoms with Crippen LogP contribution in [-0.4, -0.2) is 18.8 Å². The number of hydrogen-bond donors (Lipinski definition) is 1. The van der Waals surface area contributed by atoms with Crippen LogP contribution in [0.2, 0.25) is 0 Å². The molecule has 14 heavy (non-hydrogen) atoms. The SMILES string of the molecule is COc1cc(Br)c(C=CCO)cc1C. The Labute approximate surface area is 92.3 Å². The highest BCUT2D eigenvalue weighted by Crippen LogP contribution is 2.27. The van der Waals surface area contributed by atoms with E-state index in [2.05, 4.69) is 15.9 Å². The molecule has 0 spiro atoms. The minimum Gasteiger partial charge on any atom is -0.496 e. The zero-order valence-corrected chi connectivity index (χ0v) is 9.84. The summed E-state index contributed by atoms with van der Waals surface area (Å²) in [5, 5.41) is 8.66. The Morgan fingerprint density at radius 2 is 2.21 bits per heavy atom. The standard InChI is InChI=1S/C11H13BrO2/c1-8-6-9(4-3-5-13)10(12)7-11(8)14-2/h3-4,6-7,13H,5H2,1-2H3. The van der Waals surface area contributed by atoms with E-state index in [-0.39, 0.29) is 6.61 Å². The molecule has 0 saturated carbocycles. The highest BCUT2D eigenvalue weighted by atomic mass is 79.9. The van der Waals surface area contributed by atoms with Crippen molar-refractivity contribution in [3.8, 4) is 5.75 Å². The van der Waals surface area contributed by atoms with E-state index in [0.717, 1.165) is 21.3 Å². The first-order chi connectivity index (χ1) is 6.69.